The predicted molar refractivity (Wildman–Crippen MR) is 104 cm³/mol. The molecule has 0 aliphatic heterocycles. The molecular formula is C22H38O2. The lowest BCUT2D eigenvalue weighted by Crippen LogP contribution is -2.02. The zero-order valence-corrected chi connectivity index (χ0v) is 16.5. The Balaban J connectivity index is 2.33. The van der Waals surface area contributed by atoms with Crippen molar-refractivity contribution in [2.75, 3.05) is 13.2 Å². The molecule has 0 amide bonds. The van der Waals surface area contributed by atoms with Gasteiger partial charge in [0.05, 0.1) is 13.2 Å². The molecule has 0 N–H and O–H groups in total. The third kappa shape index (κ3) is 8.61. The van der Waals surface area contributed by atoms with Crippen molar-refractivity contribution in [1.29, 1.82) is 0 Å². The maximum absolute atomic E-state index is 5.97. The maximum atomic E-state index is 5.97. The molecule has 2 heteroatoms. The first-order valence-electron chi connectivity index (χ1n) is 10.1. The van der Waals surface area contributed by atoms with Crippen molar-refractivity contribution in [3.8, 4) is 11.5 Å². The molecule has 138 valence electrons. The molecule has 0 aliphatic rings. The van der Waals surface area contributed by atoms with Crippen LogP contribution in [0, 0.1) is 13.8 Å². The number of hydrogen-bond acceptors (Lipinski definition) is 2. The molecule has 0 spiro atoms. The van der Waals surface area contributed by atoms with Gasteiger partial charge < -0.3 is 9.47 Å². The minimum atomic E-state index is 0.821. The highest BCUT2D eigenvalue weighted by molar-refractivity contribution is 5.45. The molecule has 2 nitrogen and oxygen atoms in total. The monoisotopic (exact) mass is 334 g/mol. The SMILES string of the molecule is CCCCCCCOc1cc(C)c(OCCCCCCC)cc1C. The van der Waals surface area contributed by atoms with Crippen LogP contribution in [0.3, 0.4) is 0 Å². The first-order chi connectivity index (χ1) is 11.7. The van der Waals surface area contributed by atoms with E-state index in [-0.39, 0.29) is 0 Å². The molecule has 0 saturated heterocycles. The maximum Gasteiger partial charge on any atom is 0.122 e. The van der Waals surface area contributed by atoms with Crippen molar-refractivity contribution in [1.82, 2.24) is 0 Å². The first kappa shape index (κ1) is 20.9. The highest BCUT2D eigenvalue weighted by Gasteiger charge is 2.07. The summed E-state index contributed by atoms with van der Waals surface area (Å²) in [6.45, 7) is 10.4. The zero-order chi connectivity index (χ0) is 17.6. The van der Waals surface area contributed by atoms with Crippen molar-refractivity contribution in [2.24, 2.45) is 0 Å². The third-order valence-electron chi connectivity index (χ3n) is 4.48. The molecule has 0 aliphatic carbocycles. The van der Waals surface area contributed by atoms with Crippen molar-refractivity contribution < 1.29 is 9.47 Å². The fourth-order valence-corrected chi connectivity index (χ4v) is 2.85. The average Bonchev–Trinajstić information content (AvgIpc) is 2.57. The van der Waals surface area contributed by atoms with Crippen molar-refractivity contribution >= 4 is 0 Å². The van der Waals surface area contributed by atoms with E-state index in [0.717, 1.165) is 37.6 Å². The van der Waals surface area contributed by atoms with Gasteiger partial charge in [0.15, 0.2) is 0 Å². The van der Waals surface area contributed by atoms with Crippen LogP contribution >= 0.6 is 0 Å². The summed E-state index contributed by atoms with van der Waals surface area (Å²) in [5, 5.41) is 0. The van der Waals surface area contributed by atoms with Crippen molar-refractivity contribution in [3.63, 3.8) is 0 Å². The van der Waals surface area contributed by atoms with Crippen LogP contribution in [-0.2, 0) is 0 Å². The summed E-state index contributed by atoms with van der Waals surface area (Å²) >= 11 is 0. The lowest BCUT2D eigenvalue weighted by Gasteiger charge is -2.14. The Hall–Kier alpha value is -1.18. The quantitative estimate of drug-likeness (QED) is 0.341. The van der Waals surface area contributed by atoms with Crippen LogP contribution in [0.1, 0.15) is 89.2 Å². The first-order valence-corrected chi connectivity index (χ1v) is 10.1. The number of benzene rings is 1. The number of aryl methyl sites for hydroxylation is 2. The van der Waals surface area contributed by atoms with Gasteiger partial charge in [0.1, 0.15) is 11.5 Å². The van der Waals surface area contributed by atoms with Crippen molar-refractivity contribution in [2.45, 2.75) is 91.9 Å². The van der Waals surface area contributed by atoms with Crippen LogP contribution in [0.2, 0.25) is 0 Å². The minimum Gasteiger partial charge on any atom is -0.493 e. The molecular weight excluding hydrogens is 296 g/mol. The molecule has 0 saturated carbocycles. The zero-order valence-electron chi connectivity index (χ0n) is 16.5. The molecule has 0 heterocycles. The molecule has 1 aromatic rings. The van der Waals surface area contributed by atoms with E-state index < -0.39 is 0 Å². The summed E-state index contributed by atoms with van der Waals surface area (Å²) in [5.41, 5.74) is 2.35. The number of ether oxygens (including phenoxy) is 2. The number of rotatable bonds is 14. The average molecular weight is 335 g/mol. The fourth-order valence-electron chi connectivity index (χ4n) is 2.85. The second-order valence-corrected chi connectivity index (χ2v) is 6.91. The normalized spacial score (nSPS) is 10.8. The van der Waals surface area contributed by atoms with E-state index in [9.17, 15) is 0 Å². The molecule has 1 aromatic carbocycles. The second-order valence-electron chi connectivity index (χ2n) is 6.91. The molecule has 1 rings (SSSR count). The Labute approximate surface area is 149 Å². The van der Waals surface area contributed by atoms with Gasteiger partial charge in [-0.25, -0.2) is 0 Å². The third-order valence-corrected chi connectivity index (χ3v) is 4.48. The van der Waals surface area contributed by atoms with E-state index in [1.165, 1.54) is 62.5 Å². The molecule has 0 unspecified atom stereocenters. The van der Waals surface area contributed by atoms with Gasteiger partial charge >= 0.3 is 0 Å². The van der Waals surface area contributed by atoms with Crippen LogP contribution in [0.25, 0.3) is 0 Å². The Morgan fingerprint density at radius 1 is 0.583 bits per heavy atom. The highest BCUT2D eigenvalue weighted by Crippen LogP contribution is 2.28. The molecule has 0 aromatic heterocycles. The molecule has 0 atom stereocenters. The largest absolute Gasteiger partial charge is 0.493 e. The second kappa shape index (κ2) is 13.1. The molecule has 24 heavy (non-hydrogen) atoms. The summed E-state index contributed by atoms with van der Waals surface area (Å²) in [4.78, 5) is 0. The smallest absolute Gasteiger partial charge is 0.122 e. The van der Waals surface area contributed by atoms with Gasteiger partial charge in [-0.15, -0.1) is 0 Å². The van der Waals surface area contributed by atoms with Crippen LogP contribution < -0.4 is 9.47 Å². The summed E-state index contributed by atoms with van der Waals surface area (Å²) < 4.78 is 11.9. The predicted octanol–water partition coefficient (Wildman–Crippen LogP) is 7.00. The van der Waals surface area contributed by atoms with Gasteiger partial charge in [-0.05, 0) is 49.9 Å². The van der Waals surface area contributed by atoms with Gasteiger partial charge in [0, 0.05) is 0 Å². The lowest BCUT2D eigenvalue weighted by atomic mass is 10.1. The van der Waals surface area contributed by atoms with Crippen LogP contribution in [0.15, 0.2) is 12.1 Å². The Bertz CT molecular complexity index is 398. The number of unbranched alkanes of at least 4 members (excludes halogenated alkanes) is 8. The van der Waals surface area contributed by atoms with Crippen LogP contribution in [0.5, 0.6) is 11.5 Å². The summed E-state index contributed by atoms with van der Waals surface area (Å²) in [5.74, 6) is 2.02. The van der Waals surface area contributed by atoms with Gasteiger partial charge in [0.25, 0.3) is 0 Å². The lowest BCUT2D eigenvalue weighted by molar-refractivity contribution is 0.293. The molecule has 0 radical (unpaired) electrons. The van der Waals surface area contributed by atoms with Gasteiger partial charge in [-0.2, -0.15) is 0 Å². The minimum absolute atomic E-state index is 0.821. The molecule has 0 fully saturated rings. The van der Waals surface area contributed by atoms with E-state index in [1.54, 1.807) is 0 Å². The Kier molecular flexibility index (Phi) is 11.4. The van der Waals surface area contributed by atoms with E-state index in [2.05, 4.69) is 39.8 Å². The van der Waals surface area contributed by atoms with Gasteiger partial charge in [0.2, 0.25) is 0 Å². The van der Waals surface area contributed by atoms with Gasteiger partial charge in [-0.1, -0.05) is 65.2 Å². The Morgan fingerprint density at radius 2 is 0.958 bits per heavy atom. The van der Waals surface area contributed by atoms with E-state index in [1.807, 2.05) is 0 Å². The fraction of sp³-hybridized carbons (Fsp3) is 0.727. The van der Waals surface area contributed by atoms with Gasteiger partial charge in [-0.3, -0.25) is 0 Å². The van der Waals surface area contributed by atoms with Crippen molar-refractivity contribution in [3.05, 3.63) is 23.3 Å². The van der Waals surface area contributed by atoms with Crippen LogP contribution in [-0.4, -0.2) is 13.2 Å². The van der Waals surface area contributed by atoms with E-state index in [0.29, 0.717) is 0 Å². The highest BCUT2D eigenvalue weighted by atomic mass is 16.5. The summed E-state index contributed by atoms with van der Waals surface area (Å²) in [6, 6.07) is 4.27. The topological polar surface area (TPSA) is 18.5 Å². The van der Waals surface area contributed by atoms with Crippen LogP contribution in [0.4, 0.5) is 0 Å². The van der Waals surface area contributed by atoms with E-state index in [4.69, 9.17) is 9.47 Å². The summed E-state index contributed by atoms with van der Waals surface area (Å²) in [6.07, 6.45) is 12.7. The standard InChI is InChI=1S/C22H38O2/c1-5-7-9-11-13-15-23-21-17-20(4)22(18-19(21)3)24-16-14-12-10-8-6-2/h17-18H,5-16H2,1-4H3. The summed E-state index contributed by atoms with van der Waals surface area (Å²) in [7, 11) is 0. The number of hydrogen-bond donors (Lipinski definition) is 0. The Morgan fingerprint density at radius 3 is 1.33 bits per heavy atom. The van der Waals surface area contributed by atoms with E-state index >= 15 is 0 Å². The molecule has 0 bridgehead atoms.